The highest BCUT2D eigenvalue weighted by Gasteiger charge is 2.21. The Labute approximate surface area is 125 Å². The van der Waals surface area contributed by atoms with Gasteiger partial charge in [0.1, 0.15) is 11.9 Å². The first kappa shape index (κ1) is 13.7. The highest BCUT2D eigenvalue weighted by atomic mass is 16.6. The smallest absolute Gasteiger partial charge is 0.313 e. The molecule has 22 heavy (non-hydrogen) atoms. The minimum atomic E-state index is -0.559. The molecule has 0 aliphatic carbocycles. The molecule has 0 aliphatic rings. The van der Waals surface area contributed by atoms with Crippen LogP contribution in [0.25, 0.3) is 22.6 Å². The average molecular weight is 293 g/mol. The summed E-state index contributed by atoms with van der Waals surface area (Å²) >= 11 is 0. The van der Waals surface area contributed by atoms with E-state index in [0.29, 0.717) is 11.4 Å². The number of para-hydroxylation sites is 1. The molecule has 0 fully saturated rings. The van der Waals surface area contributed by atoms with Crippen molar-refractivity contribution in [2.24, 2.45) is 0 Å². The molecule has 0 unspecified atom stereocenters. The summed E-state index contributed by atoms with van der Waals surface area (Å²) < 4.78 is 0. The minimum Gasteiger partial charge on any atom is -0.507 e. The lowest BCUT2D eigenvalue weighted by molar-refractivity contribution is -0.384. The summed E-state index contributed by atoms with van der Waals surface area (Å²) in [7, 11) is 0. The maximum atomic E-state index is 11.2. The third-order valence-electron chi connectivity index (χ3n) is 3.16. The lowest BCUT2D eigenvalue weighted by Gasteiger charge is -2.07. The van der Waals surface area contributed by atoms with Gasteiger partial charge >= 0.3 is 5.69 Å². The van der Waals surface area contributed by atoms with Crippen molar-refractivity contribution in [1.29, 1.82) is 0 Å². The lowest BCUT2D eigenvalue weighted by atomic mass is 10.1. The van der Waals surface area contributed by atoms with Gasteiger partial charge in [-0.2, -0.15) is 0 Å². The number of nitrogens with zero attached hydrogens (tertiary/aromatic N) is 3. The normalized spacial score (nSPS) is 10.4. The number of benzene rings is 2. The molecule has 1 N–H and O–H groups in total. The van der Waals surface area contributed by atoms with Crippen LogP contribution in [0.1, 0.15) is 0 Å². The second kappa shape index (κ2) is 5.61. The van der Waals surface area contributed by atoms with Crippen molar-refractivity contribution in [3.05, 3.63) is 70.9 Å². The monoisotopic (exact) mass is 293 g/mol. The van der Waals surface area contributed by atoms with Crippen LogP contribution in [0.5, 0.6) is 5.75 Å². The van der Waals surface area contributed by atoms with Crippen molar-refractivity contribution in [2.45, 2.75) is 0 Å². The first-order valence-electron chi connectivity index (χ1n) is 6.52. The molecule has 0 radical (unpaired) electrons. The van der Waals surface area contributed by atoms with Gasteiger partial charge < -0.3 is 5.11 Å². The second-order valence-electron chi connectivity index (χ2n) is 4.57. The summed E-state index contributed by atoms with van der Waals surface area (Å²) in [6, 6.07) is 15.5. The van der Waals surface area contributed by atoms with Gasteiger partial charge in [-0.05, 0) is 12.1 Å². The Morgan fingerprint density at radius 2 is 1.68 bits per heavy atom. The molecular weight excluding hydrogens is 282 g/mol. The largest absolute Gasteiger partial charge is 0.507 e. The van der Waals surface area contributed by atoms with Gasteiger partial charge in [0.25, 0.3) is 0 Å². The lowest BCUT2D eigenvalue weighted by Crippen LogP contribution is -1.99. The van der Waals surface area contributed by atoms with Crippen LogP contribution in [-0.4, -0.2) is 20.0 Å². The van der Waals surface area contributed by atoms with Crippen LogP contribution in [0, 0.1) is 10.1 Å². The van der Waals surface area contributed by atoms with Gasteiger partial charge in [0.15, 0.2) is 11.5 Å². The molecule has 2 aromatic carbocycles. The predicted octanol–water partition coefficient (Wildman–Crippen LogP) is 3.42. The fraction of sp³-hybridized carbons (Fsp3) is 0. The molecule has 0 amide bonds. The van der Waals surface area contributed by atoms with Crippen molar-refractivity contribution < 1.29 is 10.0 Å². The zero-order valence-electron chi connectivity index (χ0n) is 11.4. The van der Waals surface area contributed by atoms with Crippen LogP contribution in [0.2, 0.25) is 0 Å². The highest BCUT2D eigenvalue weighted by molar-refractivity contribution is 5.75. The zero-order chi connectivity index (χ0) is 15.5. The van der Waals surface area contributed by atoms with E-state index in [4.69, 9.17) is 0 Å². The van der Waals surface area contributed by atoms with Gasteiger partial charge in [0.2, 0.25) is 0 Å². The molecule has 1 aromatic heterocycles. The van der Waals surface area contributed by atoms with Gasteiger partial charge in [0, 0.05) is 11.1 Å². The Balaban J connectivity index is 2.22. The molecule has 0 spiro atoms. The van der Waals surface area contributed by atoms with Crippen molar-refractivity contribution in [2.75, 3.05) is 0 Å². The van der Waals surface area contributed by atoms with Crippen LogP contribution >= 0.6 is 0 Å². The summed E-state index contributed by atoms with van der Waals surface area (Å²) in [6.07, 6.45) is 1.16. The molecular formula is C16H11N3O3. The second-order valence-corrected chi connectivity index (χ2v) is 4.57. The molecule has 0 atom stereocenters. The van der Waals surface area contributed by atoms with E-state index in [1.54, 1.807) is 18.2 Å². The standard InChI is InChI=1S/C16H11N3O3/c20-14-9-5-4-8-12(14)15-13(19(21)22)10-17-16(18-15)11-6-2-1-3-7-11/h1-10,20H. The van der Waals surface area contributed by atoms with E-state index in [9.17, 15) is 15.2 Å². The maximum absolute atomic E-state index is 11.2. The van der Waals surface area contributed by atoms with E-state index in [2.05, 4.69) is 9.97 Å². The summed E-state index contributed by atoms with van der Waals surface area (Å²) in [4.78, 5) is 19.0. The number of nitro groups is 1. The van der Waals surface area contributed by atoms with E-state index >= 15 is 0 Å². The summed E-state index contributed by atoms with van der Waals surface area (Å²) in [5.41, 5.74) is 0.890. The van der Waals surface area contributed by atoms with Crippen LogP contribution < -0.4 is 0 Å². The van der Waals surface area contributed by atoms with Crippen molar-refractivity contribution in [3.63, 3.8) is 0 Å². The molecule has 0 saturated heterocycles. The van der Waals surface area contributed by atoms with E-state index in [1.165, 1.54) is 6.07 Å². The van der Waals surface area contributed by atoms with Gasteiger partial charge in [-0.25, -0.2) is 9.97 Å². The number of hydrogen-bond acceptors (Lipinski definition) is 5. The third kappa shape index (κ3) is 2.49. The summed E-state index contributed by atoms with van der Waals surface area (Å²) in [5.74, 6) is 0.299. The van der Waals surface area contributed by atoms with Gasteiger partial charge in [0.05, 0.1) is 4.92 Å². The van der Waals surface area contributed by atoms with Crippen LogP contribution in [0.15, 0.2) is 60.8 Å². The Morgan fingerprint density at radius 1 is 1.00 bits per heavy atom. The van der Waals surface area contributed by atoms with Crippen LogP contribution in [0.3, 0.4) is 0 Å². The molecule has 108 valence electrons. The van der Waals surface area contributed by atoms with E-state index in [0.717, 1.165) is 11.8 Å². The summed E-state index contributed by atoms with van der Waals surface area (Å²) in [6.45, 7) is 0. The van der Waals surface area contributed by atoms with E-state index < -0.39 is 4.92 Å². The van der Waals surface area contributed by atoms with Gasteiger partial charge in [-0.1, -0.05) is 42.5 Å². The number of phenols is 1. The minimum absolute atomic E-state index is 0.0664. The Hall–Kier alpha value is -3.28. The summed E-state index contributed by atoms with van der Waals surface area (Å²) in [5, 5.41) is 21.1. The molecule has 6 nitrogen and oxygen atoms in total. The Morgan fingerprint density at radius 3 is 2.36 bits per heavy atom. The molecule has 0 aliphatic heterocycles. The zero-order valence-corrected chi connectivity index (χ0v) is 11.4. The number of hydrogen-bond donors (Lipinski definition) is 1. The van der Waals surface area contributed by atoms with Crippen molar-refractivity contribution in [1.82, 2.24) is 9.97 Å². The Bertz CT molecular complexity index is 835. The quantitative estimate of drug-likeness (QED) is 0.590. The number of aromatic hydroxyl groups is 1. The van der Waals surface area contributed by atoms with E-state index in [1.807, 2.05) is 30.3 Å². The van der Waals surface area contributed by atoms with E-state index in [-0.39, 0.29) is 17.1 Å². The SMILES string of the molecule is O=[N+]([O-])c1cnc(-c2ccccc2)nc1-c1ccccc1O. The average Bonchev–Trinajstić information content (AvgIpc) is 2.55. The number of rotatable bonds is 3. The van der Waals surface area contributed by atoms with Crippen LogP contribution in [-0.2, 0) is 0 Å². The van der Waals surface area contributed by atoms with Gasteiger partial charge in [-0.3, -0.25) is 10.1 Å². The number of phenolic OH excluding ortho intramolecular Hbond substituents is 1. The van der Waals surface area contributed by atoms with Crippen molar-refractivity contribution >= 4 is 5.69 Å². The third-order valence-corrected chi connectivity index (χ3v) is 3.16. The molecule has 0 bridgehead atoms. The predicted molar refractivity (Wildman–Crippen MR) is 81.2 cm³/mol. The first-order chi connectivity index (χ1) is 10.7. The fourth-order valence-electron chi connectivity index (χ4n) is 2.11. The topological polar surface area (TPSA) is 89.2 Å². The maximum Gasteiger partial charge on any atom is 0.313 e. The molecule has 0 saturated carbocycles. The molecule has 1 heterocycles. The molecule has 3 rings (SSSR count). The fourth-order valence-corrected chi connectivity index (χ4v) is 2.11. The molecule has 3 aromatic rings. The molecule has 6 heteroatoms. The van der Waals surface area contributed by atoms with Crippen molar-refractivity contribution in [3.8, 4) is 28.4 Å². The number of aromatic nitrogens is 2. The van der Waals surface area contributed by atoms with Gasteiger partial charge in [-0.15, -0.1) is 0 Å². The van der Waals surface area contributed by atoms with Crippen LogP contribution in [0.4, 0.5) is 5.69 Å². The first-order valence-corrected chi connectivity index (χ1v) is 6.52. The highest BCUT2D eigenvalue weighted by Crippen LogP contribution is 2.34. The Kier molecular flexibility index (Phi) is 3.49.